The lowest BCUT2D eigenvalue weighted by Crippen LogP contribution is -2.22. The molecule has 0 aromatic heterocycles. The van der Waals surface area contributed by atoms with Gasteiger partial charge >= 0.3 is 0 Å². The zero-order chi connectivity index (χ0) is 14.0. The maximum absolute atomic E-state index is 11.6. The highest BCUT2D eigenvalue weighted by molar-refractivity contribution is 6.02. The number of benzene rings is 1. The monoisotopic (exact) mass is 260 g/mol. The van der Waals surface area contributed by atoms with Crippen molar-refractivity contribution in [2.24, 2.45) is 0 Å². The van der Waals surface area contributed by atoms with E-state index in [9.17, 15) is 9.59 Å². The van der Waals surface area contributed by atoms with Crippen LogP contribution in [0.4, 0.5) is 0 Å². The molecule has 1 fully saturated rings. The predicted octanol–water partition coefficient (Wildman–Crippen LogP) is 3.11. The smallest absolute Gasteiger partial charge is 0.140 e. The van der Waals surface area contributed by atoms with Crippen LogP contribution in [0.1, 0.15) is 48.8 Å². The van der Waals surface area contributed by atoms with Crippen molar-refractivity contribution in [1.29, 1.82) is 0 Å². The van der Waals surface area contributed by atoms with Crippen molar-refractivity contribution >= 4 is 11.6 Å². The summed E-state index contributed by atoms with van der Waals surface area (Å²) in [5.41, 5.74) is 3.28. The first-order chi connectivity index (χ1) is 9.01. The molecule has 102 valence electrons. The number of carbonyl (C=O) groups excluding carboxylic acids is 2. The van der Waals surface area contributed by atoms with Crippen LogP contribution < -0.4 is 4.74 Å². The van der Waals surface area contributed by atoms with Gasteiger partial charge in [0, 0.05) is 24.3 Å². The van der Waals surface area contributed by atoms with E-state index in [-0.39, 0.29) is 23.9 Å². The van der Waals surface area contributed by atoms with Gasteiger partial charge in [-0.1, -0.05) is 6.07 Å². The summed E-state index contributed by atoms with van der Waals surface area (Å²) in [6.07, 6.45) is 1.01. The summed E-state index contributed by atoms with van der Waals surface area (Å²) in [5, 5.41) is 0. The first kappa shape index (κ1) is 13.8. The van der Waals surface area contributed by atoms with E-state index >= 15 is 0 Å². The van der Waals surface area contributed by atoms with Crippen LogP contribution in [0.25, 0.3) is 0 Å². The molecule has 0 spiro atoms. The highest BCUT2D eigenvalue weighted by Crippen LogP contribution is 2.38. The number of carbonyl (C=O) groups is 2. The Bertz CT molecular complexity index is 501. The van der Waals surface area contributed by atoms with Crippen molar-refractivity contribution in [1.82, 2.24) is 0 Å². The van der Waals surface area contributed by atoms with Crippen molar-refractivity contribution < 1.29 is 14.3 Å². The van der Waals surface area contributed by atoms with Gasteiger partial charge in [0.15, 0.2) is 0 Å². The first-order valence-electron chi connectivity index (χ1n) is 6.78. The summed E-state index contributed by atoms with van der Waals surface area (Å²) in [5.74, 6) is 0.899. The zero-order valence-corrected chi connectivity index (χ0v) is 11.8. The Hall–Kier alpha value is -1.64. The van der Waals surface area contributed by atoms with Crippen molar-refractivity contribution in [3.63, 3.8) is 0 Å². The van der Waals surface area contributed by atoms with Gasteiger partial charge in [0.2, 0.25) is 0 Å². The van der Waals surface area contributed by atoms with Crippen LogP contribution in [0.3, 0.4) is 0 Å². The van der Waals surface area contributed by atoms with Crippen molar-refractivity contribution in [2.45, 2.75) is 46.0 Å². The number of hydrogen-bond donors (Lipinski definition) is 0. The molecule has 0 atom stereocenters. The number of aryl methyl sites for hydroxylation is 2. The molecule has 1 aliphatic carbocycles. The van der Waals surface area contributed by atoms with E-state index in [4.69, 9.17) is 4.74 Å². The lowest BCUT2D eigenvalue weighted by Gasteiger charge is -2.25. The summed E-state index contributed by atoms with van der Waals surface area (Å²) >= 11 is 0. The molecule has 0 radical (unpaired) electrons. The molecule has 1 saturated carbocycles. The molecule has 0 saturated heterocycles. The average Bonchev–Trinajstić information content (AvgIpc) is 2.26. The summed E-state index contributed by atoms with van der Waals surface area (Å²) in [4.78, 5) is 23.3. The van der Waals surface area contributed by atoms with Gasteiger partial charge in [0.25, 0.3) is 0 Å². The second kappa shape index (κ2) is 5.55. The van der Waals surface area contributed by atoms with E-state index in [1.54, 1.807) is 0 Å². The molecule has 0 aliphatic heterocycles. The van der Waals surface area contributed by atoms with Crippen LogP contribution in [-0.4, -0.2) is 18.2 Å². The van der Waals surface area contributed by atoms with E-state index in [0.717, 1.165) is 22.4 Å². The number of ether oxygens (including phenoxy) is 1. The third-order valence-electron chi connectivity index (χ3n) is 3.54. The fraction of sp³-hybridized carbons (Fsp3) is 0.500. The molecule has 3 heteroatoms. The quantitative estimate of drug-likeness (QED) is 0.784. The molecule has 1 aromatic rings. The Morgan fingerprint density at radius 1 is 1.16 bits per heavy atom. The minimum atomic E-state index is -0.0177. The molecule has 0 unspecified atom stereocenters. The van der Waals surface area contributed by atoms with Crippen LogP contribution in [0, 0.1) is 13.8 Å². The fourth-order valence-electron chi connectivity index (χ4n) is 2.93. The van der Waals surface area contributed by atoms with Gasteiger partial charge in [0.1, 0.15) is 17.3 Å². The van der Waals surface area contributed by atoms with Gasteiger partial charge in [-0.15, -0.1) is 0 Å². The topological polar surface area (TPSA) is 43.4 Å². The highest BCUT2D eigenvalue weighted by Gasteiger charge is 2.29. The van der Waals surface area contributed by atoms with E-state index in [1.165, 1.54) is 0 Å². The van der Waals surface area contributed by atoms with Gasteiger partial charge in [-0.2, -0.15) is 0 Å². The summed E-state index contributed by atoms with van der Waals surface area (Å²) in [6.45, 7) is 6.58. The Kier molecular flexibility index (Phi) is 4.03. The minimum absolute atomic E-state index is 0.0177. The van der Waals surface area contributed by atoms with Crippen LogP contribution in [0.15, 0.2) is 12.1 Å². The van der Waals surface area contributed by atoms with Crippen molar-refractivity contribution in [2.75, 3.05) is 6.61 Å². The molecule has 3 nitrogen and oxygen atoms in total. The first-order valence-corrected chi connectivity index (χ1v) is 6.78. The van der Waals surface area contributed by atoms with Gasteiger partial charge in [-0.05, 0) is 38.0 Å². The van der Waals surface area contributed by atoms with Gasteiger partial charge in [-0.25, -0.2) is 0 Å². The standard InChI is InChI=1S/C16H20O3/c1-4-19-15-6-10(2)5-11(3)16(15)12-7-13(17)9-14(18)8-12/h5-6,12H,4,7-9H2,1-3H3. The van der Waals surface area contributed by atoms with Gasteiger partial charge in [-0.3, -0.25) is 9.59 Å². The Morgan fingerprint density at radius 3 is 2.37 bits per heavy atom. The number of rotatable bonds is 3. The summed E-state index contributed by atoms with van der Waals surface area (Å²) in [6, 6.07) is 4.08. The lowest BCUT2D eigenvalue weighted by molar-refractivity contribution is -0.130. The third kappa shape index (κ3) is 3.03. The molecule has 0 N–H and O–H groups in total. The molecule has 19 heavy (non-hydrogen) atoms. The normalized spacial score (nSPS) is 16.8. The second-order valence-corrected chi connectivity index (χ2v) is 5.29. The molecule has 0 bridgehead atoms. The third-order valence-corrected chi connectivity index (χ3v) is 3.54. The van der Waals surface area contributed by atoms with E-state index in [0.29, 0.717) is 19.4 Å². The largest absolute Gasteiger partial charge is 0.494 e. The Labute approximate surface area is 114 Å². The molecular weight excluding hydrogens is 240 g/mol. The summed E-state index contributed by atoms with van der Waals surface area (Å²) < 4.78 is 5.70. The number of Topliss-reactive ketones (excluding diaryl/α,β-unsaturated/α-hetero) is 2. The Balaban J connectivity index is 2.42. The lowest BCUT2D eigenvalue weighted by atomic mass is 9.80. The SMILES string of the molecule is CCOc1cc(C)cc(C)c1C1CC(=O)CC(=O)C1. The molecule has 0 amide bonds. The second-order valence-electron chi connectivity index (χ2n) is 5.29. The van der Waals surface area contributed by atoms with Crippen LogP contribution in [-0.2, 0) is 9.59 Å². The minimum Gasteiger partial charge on any atom is -0.494 e. The summed E-state index contributed by atoms with van der Waals surface area (Å²) in [7, 11) is 0. The van der Waals surface area contributed by atoms with E-state index < -0.39 is 0 Å². The van der Waals surface area contributed by atoms with Gasteiger partial charge in [0.05, 0.1) is 13.0 Å². The van der Waals surface area contributed by atoms with Crippen molar-refractivity contribution in [3.05, 3.63) is 28.8 Å². The maximum atomic E-state index is 11.6. The predicted molar refractivity (Wildman–Crippen MR) is 73.7 cm³/mol. The molecule has 1 aromatic carbocycles. The molecule has 1 aliphatic rings. The number of ketones is 2. The van der Waals surface area contributed by atoms with E-state index in [1.807, 2.05) is 26.8 Å². The fourth-order valence-corrected chi connectivity index (χ4v) is 2.93. The molecule has 2 rings (SSSR count). The van der Waals surface area contributed by atoms with Crippen molar-refractivity contribution in [3.8, 4) is 5.75 Å². The zero-order valence-electron chi connectivity index (χ0n) is 11.8. The molecule has 0 heterocycles. The van der Waals surface area contributed by atoms with Crippen LogP contribution >= 0.6 is 0 Å². The Morgan fingerprint density at radius 2 is 1.79 bits per heavy atom. The van der Waals surface area contributed by atoms with Gasteiger partial charge < -0.3 is 4.74 Å². The molecular formula is C16H20O3. The van der Waals surface area contributed by atoms with Crippen LogP contribution in [0.5, 0.6) is 5.75 Å². The number of hydrogen-bond acceptors (Lipinski definition) is 3. The average molecular weight is 260 g/mol. The van der Waals surface area contributed by atoms with E-state index in [2.05, 4.69) is 6.07 Å². The maximum Gasteiger partial charge on any atom is 0.140 e. The van der Waals surface area contributed by atoms with Crippen LogP contribution in [0.2, 0.25) is 0 Å². The highest BCUT2D eigenvalue weighted by atomic mass is 16.5.